The van der Waals surface area contributed by atoms with Gasteiger partial charge in [-0.05, 0) is 26.2 Å². The van der Waals surface area contributed by atoms with Gasteiger partial charge in [-0.25, -0.2) is 0 Å². The highest BCUT2D eigenvalue weighted by atomic mass is 15.2. The van der Waals surface area contributed by atoms with E-state index in [-0.39, 0.29) is 0 Å². The van der Waals surface area contributed by atoms with Gasteiger partial charge >= 0.3 is 0 Å². The third-order valence-corrected chi connectivity index (χ3v) is 4.32. The molecule has 1 rings (SSSR count). The molecule has 0 amide bonds. The Morgan fingerprint density at radius 2 is 1.89 bits per heavy atom. The van der Waals surface area contributed by atoms with Crippen LogP contribution in [0.1, 0.15) is 72.6 Å². The third-order valence-electron chi connectivity index (χ3n) is 4.32. The Hall–Kier alpha value is -0.0800. The van der Waals surface area contributed by atoms with E-state index in [2.05, 4.69) is 37.9 Å². The van der Waals surface area contributed by atoms with Gasteiger partial charge in [0.15, 0.2) is 0 Å². The summed E-state index contributed by atoms with van der Waals surface area (Å²) in [6.45, 7) is 11.8. The highest BCUT2D eigenvalue weighted by Crippen LogP contribution is 2.21. The van der Waals surface area contributed by atoms with Crippen LogP contribution in [0.3, 0.4) is 0 Å². The summed E-state index contributed by atoms with van der Waals surface area (Å²) in [5, 5.41) is 3.71. The van der Waals surface area contributed by atoms with E-state index in [9.17, 15) is 0 Å². The van der Waals surface area contributed by atoms with Crippen LogP contribution in [-0.4, -0.2) is 36.1 Å². The molecule has 3 atom stereocenters. The van der Waals surface area contributed by atoms with Crippen molar-refractivity contribution in [3.05, 3.63) is 0 Å². The number of hydrogen-bond donors (Lipinski definition) is 1. The smallest absolute Gasteiger partial charge is 0.0196 e. The minimum absolute atomic E-state index is 0.714. The number of piperazine rings is 1. The molecule has 18 heavy (non-hydrogen) atoms. The van der Waals surface area contributed by atoms with Gasteiger partial charge in [-0.1, -0.05) is 46.5 Å². The normalized spacial score (nSPS) is 27.3. The van der Waals surface area contributed by atoms with E-state index in [0.717, 1.165) is 12.1 Å². The molecule has 1 aliphatic rings. The maximum atomic E-state index is 3.71. The summed E-state index contributed by atoms with van der Waals surface area (Å²) in [7, 11) is 0. The summed E-state index contributed by atoms with van der Waals surface area (Å²) in [4.78, 5) is 2.80. The molecule has 1 saturated heterocycles. The van der Waals surface area contributed by atoms with Crippen LogP contribution in [0.5, 0.6) is 0 Å². The van der Waals surface area contributed by atoms with Gasteiger partial charge in [-0.2, -0.15) is 0 Å². The van der Waals surface area contributed by atoms with Crippen LogP contribution in [0.25, 0.3) is 0 Å². The zero-order valence-electron chi connectivity index (χ0n) is 13.0. The van der Waals surface area contributed by atoms with Crippen molar-refractivity contribution in [3.63, 3.8) is 0 Å². The van der Waals surface area contributed by atoms with Gasteiger partial charge in [0.05, 0.1) is 0 Å². The fourth-order valence-electron chi connectivity index (χ4n) is 3.25. The van der Waals surface area contributed by atoms with Gasteiger partial charge in [0, 0.05) is 31.2 Å². The van der Waals surface area contributed by atoms with Gasteiger partial charge in [-0.3, -0.25) is 4.90 Å². The number of rotatable bonds is 8. The SMILES string of the molecule is CCCCC(CCC)N1CC(CCC)NCC1C. The zero-order valence-corrected chi connectivity index (χ0v) is 13.0. The summed E-state index contributed by atoms with van der Waals surface area (Å²) in [6.07, 6.45) is 9.45. The van der Waals surface area contributed by atoms with Crippen molar-refractivity contribution in [2.24, 2.45) is 0 Å². The van der Waals surface area contributed by atoms with Crippen LogP contribution in [-0.2, 0) is 0 Å². The number of nitrogens with one attached hydrogen (secondary N) is 1. The van der Waals surface area contributed by atoms with Crippen molar-refractivity contribution in [3.8, 4) is 0 Å². The van der Waals surface area contributed by atoms with Crippen LogP contribution >= 0.6 is 0 Å². The van der Waals surface area contributed by atoms with E-state index >= 15 is 0 Å². The first-order chi connectivity index (χ1) is 8.72. The standard InChI is InChI=1S/C16H34N2/c1-5-8-11-16(10-7-3)18-13-15(9-6-2)17-12-14(18)4/h14-17H,5-13H2,1-4H3. The Balaban J connectivity index is 2.55. The molecular formula is C16H34N2. The second-order valence-electron chi connectivity index (χ2n) is 6.02. The molecule has 2 nitrogen and oxygen atoms in total. The second kappa shape index (κ2) is 8.92. The summed E-state index contributed by atoms with van der Waals surface area (Å²) in [5.74, 6) is 0. The molecular weight excluding hydrogens is 220 g/mol. The molecule has 1 heterocycles. The highest BCUT2D eigenvalue weighted by Gasteiger charge is 2.29. The average molecular weight is 254 g/mol. The van der Waals surface area contributed by atoms with Crippen molar-refractivity contribution in [1.82, 2.24) is 10.2 Å². The Kier molecular flexibility index (Phi) is 7.92. The third kappa shape index (κ3) is 4.89. The molecule has 0 saturated carbocycles. The fourth-order valence-corrected chi connectivity index (χ4v) is 3.25. The van der Waals surface area contributed by atoms with E-state index in [4.69, 9.17) is 0 Å². The summed E-state index contributed by atoms with van der Waals surface area (Å²) in [6, 6.07) is 2.27. The minimum Gasteiger partial charge on any atom is -0.311 e. The molecule has 0 radical (unpaired) electrons. The average Bonchev–Trinajstić information content (AvgIpc) is 2.37. The lowest BCUT2D eigenvalue weighted by molar-refractivity contribution is 0.0769. The van der Waals surface area contributed by atoms with Crippen LogP contribution in [0.2, 0.25) is 0 Å². The predicted octanol–water partition coefficient (Wildman–Crippen LogP) is 3.81. The van der Waals surface area contributed by atoms with Crippen molar-refractivity contribution in [1.29, 1.82) is 0 Å². The van der Waals surface area contributed by atoms with Gasteiger partial charge in [0.25, 0.3) is 0 Å². The lowest BCUT2D eigenvalue weighted by Gasteiger charge is -2.43. The molecule has 3 unspecified atom stereocenters. The molecule has 2 heteroatoms. The second-order valence-corrected chi connectivity index (χ2v) is 6.02. The van der Waals surface area contributed by atoms with E-state index in [0.29, 0.717) is 6.04 Å². The highest BCUT2D eigenvalue weighted by molar-refractivity contribution is 4.87. The summed E-state index contributed by atoms with van der Waals surface area (Å²) < 4.78 is 0. The number of unbranched alkanes of at least 4 members (excludes halogenated alkanes) is 1. The van der Waals surface area contributed by atoms with Gasteiger partial charge in [0.1, 0.15) is 0 Å². The van der Waals surface area contributed by atoms with Gasteiger partial charge < -0.3 is 5.32 Å². The first kappa shape index (κ1) is 16.0. The van der Waals surface area contributed by atoms with Crippen LogP contribution in [0.15, 0.2) is 0 Å². The summed E-state index contributed by atoms with van der Waals surface area (Å²) >= 11 is 0. The predicted molar refractivity (Wildman–Crippen MR) is 81.1 cm³/mol. The quantitative estimate of drug-likeness (QED) is 0.708. The topological polar surface area (TPSA) is 15.3 Å². The largest absolute Gasteiger partial charge is 0.311 e. The molecule has 108 valence electrons. The molecule has 1 N–H and O–H groups in total. The maximum Gasteiger partial charge on any atom is 0.0196 e. The first-order valence-corrected chi connectivity index (χ1v) is 8.21. The molecule has 0 aromatic rings. The van der Waals surface area contributed by atoms with Crippen molar-refractivity contribution >= 4 is 0 Å². The van der Waals surface area contributed by atoms with Gasteiger partial charge in [0.2, 0.25) is 0 Å². The van der Waals surface area contributed by atoms with Crippen LogP contribution in [0, 0.1) is 0 Å². The Labute approximate surface area is 115 Å². The molecule has 1 fully saturated rings. The van der Waals surface area contributed by atoms with E-state index < -0.39 is 0 Å². The van der Waals surface area contributed by atoms with Crippen molar-refractivity contribution in [2.45, 2.75) is 90.8 Å². The lowest BCUT2D eigenvalue weighted by Crippen LogP contribution is -2.58. The van der Waals surface area contributed by atoms with Crippen molar-refractivity contribution in [2.75, 3.05) is 13.1 Å². The summed E-state index contributed by atoms with van der Waals surface area (Å²) in [5.41, 5.74) is 0. The molecule has 0 aromatic heterocycles. The van der Waals surface area contributed by atoms with Crippen LogP contribution < -0.4 is 5.32 Å². The molecule has 0 spiro atoms. The van der Waals surface area contributed by atoms with Gasteiger partial charge in [-0.15, -0.1) is 0 Å². The molecule has 0 bridgehead atoms. The Morgan fingerprint density at radius 3 is 2.50 bits per heavy atom. The molecule has 0 aromatic carbocycles. The van der Waals surface area contributed by atoms with E-state index in [1.807, 2.05) is 0 Å². The minimum atomic E-state index is 0.714. The maximum absolute atomic E-state index is 3.71. The Bertz CT molecular complexity index is 205. The van der Waals surface area contributed by atoms with E-state index in [1.54, 1.807) is 0 Å². The van der Waals surface area contributed by atoms with Crippen molar-refractivity contribution < 1.29 is 0 Å². The van der Waals surface area contributed by atoms with E-state index in [1.165, 1.54) is 58.0 Å². The number of hydrogen-bond acceptors (Lipinski definition) is 2. The molecule has 1 aliphatic heterocycles. The zero-order chi connectivity index (χ0) is 13.4. The lowest BCUT2D eigenvalue weighted by atomic mass is 9.97. The molecule has 0 aliphatic carbocycles. The number of nitrogens with zero attached hydrogens (tertiary/aromatic N) is 1. The fraction of sp³-hybridized carbons (Fsp3) is 1.00. The van der Waals surface area contributed by atoms with Crippen LogP contribution in [0.4, 0.5) is 0 Å². The Morgan fingerprint density at radius 1 is 1.11 bits per heavy atom. The monoisotopic (exact) mass is 254 g/mol. The first-order valence-electron chi connectivity index (χ1n) is 8.21.